The average Bonchev–Trinajstić information content (AvgIpc) is 2.79. The molecule has 1 aromatic rings. The normalized spacial score (nSPS) is 19.0. The maximum atomic E-state index is 12.6. The van der Waals surface area contributed by atoms with Crippen molar-refractivity contribution in [2.45, 2.75) is 18.5 Å². The summed E-state index contributed by atoms with van der Waals surface area (Å²) in [6, 6.07) is 0. The summed E-state index contributed by atoms with van der Waals surface area (Å²) in [4.78, 5) is 0. The van der Waals surface area contributed by atoms with Gasteiger partial charge in [0.25, 0.3) is 10.0 Å². The van der Waals surface area contributed by atoms with Gasteiger partial charge >= 0.3 is 0 Å². The van der Waals surface area contributed by atoms with Gasteiger partial charge in [-0.05, 0) is 6.92 Å². The molecule has 0 aliphatic carbocycles. The fourth-order valence-corrected chi connectivity index (χ4v) is 4.67. The van der Waals surface area contributed by atoms with Crippen LogP contribution >= 0.6 is 0 Å². The van der Waals surface area contributed by atoms with Crippen LogP contribution in [0.5, 0.6) is 0 Å². The van der Waals surface area contributed by atoms with E-state index in [1.807, 2.05) is 0 Å². The van der Waals surface area contributed by atoms with Crippen molar-refractivity contribution in [1.29, 1.82) is 0 Å². The van der Waals surface area contributed by atoms with Crippen LogP contribution in [-0.4, -0.2) is 68.1 Å². The van der Waals surface area contributed by atoms with Gasteiger partial charge in [-0.15, -0.1) is 0 Å². The Bertz CT molecular complexity index is 717. The minimum Gasteiger partial charge on any atom is -0.326 e. The number of H-pyrrole nitrogens is 1. The minimum atomic E-state index is -3.76. The highest BCUT2D eigenvalue weighted by atomic mass is 32.2. The summed E-state index contributed by atoms with van der Waals surface area (Å²) in [6.45, 7) is 2.26. The molecule has 11 heteroatoms. The van der Waals surface area contributed by atoms with Crippen molar-refractivity contribution in [2.75, 3.05) is 32.4 Å². The molecule has 0 saturated carbocycles. The van der Waals surface area contributed by atoms with Gasteiger partial charge in [-0.3, -0.25) is 5.10 Å². The van der Waals surface area contributed by atoms with E-state index in [0.29, 0.717) is 11.3 Å². The third kappa shape index (κ3) is 3.11. The molecule has 120 valence electrons. The second-order valence-electron chi connectivity index (χ2n) is 4.90. The lowest BCUT2D eigenvalue weighted by Crippen LogP contribution is -2.50. The monoisotopic (exact) mass is 337 g/mol. The average molecular weight is 337 g/mol. The number of nitrogens with two attached hydrogens (primary N) is 1. The van der Waals surface area contributed by atoms with E-state index in [-0.39, 0.29) is 37.7 Å². The quantitative estimate of drug-likeness (QED) is 0.684. The second kappa shape index (κ2) is 5.65. The first-order valence-electron chi connectivity index (χ1n) is 6.37. The molecule has 1 saturated heterocycles. The van der Waals surface area contributed by atoms with Gasteiger partial charge in [0.15, 0.2) is 5.03 Å². The van der Waals surface area contributed by atoms with Crippen LogP contribution in [0.15, 0.2) is 5.03 Å². The Morgan fingerprint density at radius 1 is 1.14 bits per heavy atom. The van der Waals surface area contributed by atoms with E-state index < -0.39 is 20.0 Å². The number of aromatic amines is 1. The third-order valence-electron chi connectivity index (χ3n) is 3.49. The van der Waals surface area contributed by atoms with E-state index in [2.05, 4.69) is 10.2 Å². The zero-order valence-corrected chi connectivity index (χ0v) is 13.5. The number of hydrogen-bond acceptors (Lipinski definition) is 6. The fraction of sp³-hybridized carbons (Fsp3) is 0.700. The Morgan fingerprint density at radius 2 is 1.67 bits per heavy atom. The van der Waals surface area contributed by atoms with Gasteiger partial charge in [0.05, 0.1) is 6.26 Å². The molecule has 1 aromatic heterocycles. The summed E-state index contributed by atoms with van der Waals surface area (Å²) in [5.74, 6) is 0. The number of hydrogen-bond donors (Lipinski definition) is 2. The van der Waals surface area contributed by atoms with Gasteiger partial charge in [0, 0.05) is 44.0 Å². The molecular formula is C10H19N5O4S2. The first-order valence-corrected chi connectivity index (χ1v) is 9.66. The van der Waals surface area contributed by atoms with Gasteiger partial charge in [0.2, 0.25) is 10.0 Å². The molecule has 1 aliphatic rings. The molecule has 2 rings (SSSR count). The summed E-state index contributed by atoms with van der Waals surface area (Å²) in [5, 5.41) is 6.39. The minimum absolute atomic E-state index is 0.0696. The van der Waals surface area contributed by atoms with E-state index in [9.17, 15) is 16.8 Å². The Labute approximate surface area is 124 Å². The summed E-state index contributed by atoms with van der Waals surface area (Å²) in [6.07, 6.45) is 1.11. The molecule has 0 atom stereocenters. The highest BCUT2D eigenvalue weighted by Gasteiger charge is 2.34. The number of rotatable bonds is 4. The number of piperazine rings is 1. The summed E-state index contributed by atoms with van der Waals surface area (Å²) in [7, 11) is -7.06. The van der Waals surface area contributed by atoms with Crippen LogP contribution in [-0.2, 0) is 26.6 Å². The zero-order valence-electron chi connectivity index (χ0n) is 11.9. The molecule has 9 nitrogen and oxygen atoms in total. The number of aromatic nitrogens is 2. The van der Waals surface area contributed by atoms with Crippen LogP contribution in [0, 0.1) is 6.92 Å². The van der Waals surface area contributed by atoms with E-state index in [4.69, 9.17) is 5.73 Å². The lowest BCUT2D eigenvalue weighted by Gasteiger charge is -2.32. The molecule has 1 aliphatic heterocycles. The molecular weight excluding hydrogens is 318 g/mol. The van der Waals surface area contributed by atoms with Crippen molar-refractivity contribution in [1.82, 2.24) is 18.8 Å². The third-order valence-corrected chi connectivity index (χ3v) is 6.67. The Kier molecular flexibility index (Phi) is 4.40. The highest BCUT2D eigenvalue weighted by molar-refractivity contribution is 7.89. The maximum Gasteiger partial charge on any atom is 0.262 e. The van der Waals surface area contributed by atoms with Crippen LogP contribution in [0.2, 0.25) is 0 Å². The van der Waals surface area contributed by atoms with Crippen LogP contribution in [0.4, 0.5) is 0 Å². The molecule has 1 fully saturated rings. The lowest BCUT2D eigenvalue weighted by atomic mass is 10.3. The van der Waals surface area contributed by atoms with Crippen LogP contribution in [0.1, 0.15) is 11.3 Å². The topological polar surface area (TPSA) is 129 Å². The highest BCUT2D eigenvalue weighted by Crippen LogP contribution is 2.21. The van der Waals surface area contributed by atoms with Crippen molar-refractivity contribution < 1.29 is 16.8 Å². The molecule has 2 heterocycles. The molecule has 0 aromatic carbocycles. The second-order valence-corrected chi connectivity index (χ2v) is 8.74. The predicted molar refractivity (Wildman–Crippen MR) is 76.4 cm³/mol. The Hall–Kier alpha value is -1.01. The number of nitrogens with zero attached hydrogens (tertiary/aromatic N) is 3. The first kappa shape index (κ1) is 16.4. The summed E-state index contributed by atoms with van der Waals surface area (Å²) >= 11 is 0. The molecule has 0 spiro atoms. The molecule has 0 unspecified atom stereocenters. The van der Waals surface area contributed by atoms with Crippen molar-refractivity contribution in [3.63, 3.8) is 0 Å². The SMILES string of the molecule is Cc1[nH]nc(S(=O)(=O)N2CCN(S(C)(=O)=O)CC2)c1CN. The molecule has 21 heavy (non-hydrogen) atoms. The van der Waals surface area contributed by atoms with Crippen molar-refractivity contribution in [2.24, 2.45) is 5.73 Å². The zero-order chi connectivity index (χ0) is 15.8. The Morgan fingerprint density at radius 3 is 2.14 bits per heavy atom. The number of sulfonamides is 2. The summed E-state index contributed by atoms with van der Waals surface area (Å²) < 4.78 is 50.5. The van der Waals surface area contributed by atoms with Crippen molar-refractivity contribution >= 4 is 20.0 Å². The molecule has 0 radical (unpaired) electrons. The smallest absolute Gasteiger partial charge is 0.262 e. The van der Waals surface area contributed by atoms with E-state index in [1.165, 1.54) is 8.61 Å². The van der Waals surface area contributed by atoms with Gasteiger partial charge in [-0.1, -0.05) is 0 Å². The Balaban J connectivity index is 2.23. The lowest BCUT2D eigenvalue weighted by molar-refractivity contribution is 0.273. The molecule has 3 N–H and O–H groups in total. The van der Waals surface area contributed by atoms with Gasteiger partial charge in [0.1, 0.15) is 0 Å². The first-order chi connectivity index (χ1) is 9.67. The van der Waals surface area contributed by atoms with E-state index in [0.717, 1.165) is 6.26 Å². The molecule has 0 amide bonds. The van der Waals surface area contributed by atoms with Crippen LogP contribution in [0.3, 0.4) is 0 Å². The number of aryl methyl sites for hydroxylation is 1. The van der Waals surface area contributed by atoms with E-state index in [1.54, 1.807) is 6.92 Å². The fourth-order valence-electron chi connectivity index (χ4n) is 2.25. The van der Waals surface area contributed by atoms with E-state index >= 15 is 0 Å². The van der Waals surface area contributed by atoms with Crippen LogP contribution in [0.25, 0.3) is 0 Å². The van der Waals surface area contributed by atoms with Gasteiger partial charge in [-0.25, -0.2) is 16.8 Å². The maximum absolute atomic E-state index is 12.6. The van der Waals surface area contributed by atoms with Crippen LogP contribution < -0.4 is 5.73 Å². The predicted octanol–water partition coefficient (Wildman–Crippen LogP) is -1.56. The van der Waals surface area contributed by atoms with Crippen molar-refractivity contribution in [3.8, 4) is 0 Å². The van der Waals surface area contributed by atoms with Gasteiger partial charge in [-0.2, -0.15) is 13.7 Å². The summed E-state index contributed by atoms with van der Waals surface area (Å²) in [5.41, 5.74) is 6.65. The largest absolute Gasteiger partial charge is 0.326 e. The van der Waals surface area contributed by atoms with Gasteiger partial charge < -0.3 is 5.73 Å². The number of nitrogens with one attached hydrogen (secondary N) is 1. The standard InChI is InChI=1S/C10H19N5O4S2/c1-8-9(7-11)10(13-12-8)21(18,19)15-5-3-14(4-6-15)20(2,16)17/h3-7,11H2,1-2H3,(H,12,13). The van der Waals surface area contributed by atoms with Crippen molar-refractivity contribution in [3.05, 3.63) is 11.3 Å². The molecule has 0 bridgehead atoms.